The van der Waals surface area contributed by atoms with Gasteiger partial charge in [0.25, 0.3) is 0 Å². The van der Waals surface area contributed by atoms with Crippen molar-refractivity contribution in [1.82, 2.24) is 9.78 Å². The van der Waals surface area contributed by atoms with Gasteiger partial charge in [-0.2, -0.15) is 5.10 Å². The molecule has 2 aromatic rings. The molecule has 0 saturated heterocycles. The Hall–Kier alpha value is -1.59. The Morgan fingerprint density at radius 1 is 1.44 bits per heavy atom. The van der Waals surface area contributed by atoms with Crippen LogP contribution < -0.4 is 5.32 Å². The Balaban J connectivity index is 1.99. The lowest BCUT2D eigenvalue weighted by Crippen LogP contribution is -2.03. The molecule has 4 nitrogen and oxygen atoms in total. The minimum Gasteiger partial charge on any atom is -0.394 e. The van der Waals surface area contributed by atoms with E-state index in [1.807, 2.05) is 0 Å². The molecule has 0 radical (unpaired) electrons. The highest BCUT2D eigenvalue weighted by molar-refractivity contribution is 6.30. The molecule has 6 heteroatoms. The summed E-state index contributed by atoms with van der Waals surface area (Å²) in [6.07, 6.45) is 3.37. The van der Waals surface area contributed by atoms with Gasteiger partial charge in [-0.15, -0.1) is 0 Å². The van der Waals surface area contributed by atoms with E-state index < -0.39 is 0 Å². The number of nitrogens with one attached hydrogen (secondary N) is 1. The van der Waals surface area contributed by atoms with E-state index in [1.165, 1.54) is 12.1 Å². The summed E-state index contributed by atoms with van der Waals surface area (Å²) in [6.45, 7) is 0.800. The highest BCUT2D eigenvalue weighted by Gasteiger charge is 2.04. The van der Waals surface area contributed by atoms with Crippen LogP contribution in [0.4, 0.5) is 10.1 Å². The van der Waals surface area contributed by atoms with E-state index in [2.05, 4.69) is 10.4 Å². The Morgan fingerprint density at radius 2 is 2.28 bits per heavy atom. The summed E-state index contributed by atoms with van der Waals surface area (Å²) >= 11 is 5.81. The standard InChI is InChI=1S/C12H13ClFN3O/c13-10-1-2-12(14)9(5-10)6-15-11-7-16-17(8-11)3-4-18/h1-2,5,7-8,15,18H,3-4,6H2. The molecule has 2 N–H and O–H groups in total. The first kappa shape index (κ1) is 12.9. The average Bonchev–Trinajstić information content (AvgIpc) is 2.79. The molecule has 0 spiro atoms. The molecule has 1 aromatic carbocycles. The Labute approximate surface area is 109 Å². The number of benzene rings is 1. The average molecular weight is 270 g/mol. The lowest BCUT2D eigenvalue weighted by molar-refractivity contribution is 0.269. The fourth-order valence-electron chi connectivity index (χ4n) is 1.56. The summed E-state index contributed by atoms with van der Waals surface area (Å²) in [4.78, 5) is 0. The fraction of sp³-hybridized carbons (Fsp3) is 0.250. The second-order valence-corrected chi connectivity index (χ2v) is 4.24. The van der Waals surface area contributed by atoms with Gasteiger partial charge in [0.15, 0.2) is 0 Å². The van der Waals surface area contributed by atoms with Crippen LogP contribution >= 0.6 is 11.6 Å². The zero-order valence-electron chi connectivity index (χ0n) is 9.61. The molecule has 0 fully saturated rings. The van der Waals surface area contributed by atoms with E-state index >= 15 is 0 Å². The van der Waals surface area contributed by atoms with Crippen LogP contribution in [0.5, 0.6) is 0 Å². The summed E-state index contributed by atoms with van der Waals surface area (Å²) in [7, 11) is 0. The van der Waals surface area contributed by atoms with Crippen molar-refractivity contribution in [3.8, 4) is 0 Å². The van der Waals surface area contributed by atoms with Crippen LogP contribution in [0.15, 0.2) is 30.6 Å². The van der Waals surface area contributed by atoms with Crippen molar-refractivity contribution in [2.24, 2.45) is 0 Å². The van der Waals surface area contributed by atoms with Crippen LogP contribution in [0, 0.1) is 5.82 Å². The van der Waals surface area contributed by atoms with E-state index in [4.69, 9.17) is 16.7 Å². The van der Waals surface area contributed by atoms with Gasteiger partial charge in [-0.05, 0) is 18.2 Å². The maximum absolute atomic E-state index is 13.4. The van der Waals surface area contributed by atoms with Gasteiger partial charge in [0, 0.05) is 23.3 Å². The maximum Gasteiger partial charge on any atom is 0.128 e. The van der Waals surface area contributed by atoms with Crippen molar-refractivity contribution in [1.29, 1.82) is 0 Å². The molecule has 2 rings (SSSR count). The molecular weight excluding hydrogens is 257 g/mol. The maximum atomic E-state index is 13.4. The predicted octanol–water partition coefficient (Wildman–Crippen LogP) is 2.28. The van der Waals surface area contributed by atoms with Gasteiger partial charge in [0.1, 0.15) is 5.82 Å². The highest BCUT2D eigenvalue weighted by Crippen LogP contribution is 2.16. The third kappa shape index (κ3) is 3.21. The van der Waals surface area contributed by atoms with Gasteiger partial charge < -0.3 is 10.4 Å². The minimum atomic E-state index is -0.297. The van der Waals surface area contributed by atoms with Gasteiger partial charge in [0.05, 0.1) is 25.0 Å². The number of nitrogens with zero attached hydrogens (tertiary/aromatic N) is 2. The van der Waals surface area contributed by atoms with Crippen molar-refractivity contribution in [2.75, 3.05) is 11.9 Å². The third-order valence-electron chi connectivity index (χ3n) is 2.45. The van der Waals surface area contributed by atoms with Crippen LogP contribution in [-0.4, -0.2) is 21.5 Å². The first-order valence-corrected chi connectivity index (χ1v) is 5.88. The molecule has 0 atom stereocenters. The summed E-state index contributed by atoms with van der Waals surface area (Å²) in [5.41, 5.74) is 1.26. The SMILES string of the molecule is OCCn1cc(NCc2cc(Cl)ccc2F)cn1. The number of halogens is 2. The van der Waals surface area contributed by atoms with Crippen molar-refractivity contribution >= 4 is 17.3 Å². The van der Waals surface area contributed by atoms with Crippen LogP contribution in [0.25, 0.3) is 0 Å². The number of rotatable bonds is 5. The molecule has 0 bridgehead atoms. The Kier molecular flexibility index (Phi) is 4.17. The van der Waals surface area contributed by atoms with Gasteiger partial charge in [-0.1, -0.05) is 11.6 Å². The molecule has 0 saturated carbocycles. The Morgan fingerprint density at radius 3 is 3.06 bits per heavy atom. The number of anilines is 1. The number of aliphatic hydroxyl groups is 1. The summed E-state index contributed by atoms with van der Waals surface area (Å²) < 4.78 is 15.1. The largest absolute Gasteiger partial charge is 0.394 e. The molecular formula is C12H13ClFN3O. The van der Waals surface area contributed by atoms with Gasteiger partial charge in [-0.3, -0.25) is 4.68 Å². The monoisotopic (exact) mass is 269 g/mol. The molecule has 0 amide bonds. The van der Waals surface area contributed by atoms with Gasteiger partial charge in [-0.25, -0.2) is 4.39 Å². The van der Waals surface area contributed by atoms with Crippen LogP contribution in [0.2, 0.25) is 5.02 Å². The lowest BCUT2D eigenvalue weighted by atomic mass is 10.2. The quantitative estimate of drug-likeness (QED) is 0.876. The fourth-order valence-corrected chi connectivity index (χ4v) is 1.75. The van der Waals surface area contributed by atoms with E-state index in [0.29, 0.717) is 23.7 Å². The number of hydrogen-bond acceptors (Lipinski definition) is 3. The zero-order chi connectivity index (χ0) is 13.0. The first-order chi connectivity index (χ1) is 8.69. The molecule has 96 valence electrons. The van der Waals surface area contributed by atoms with Crippen LogP contribution in [-0.2, 0) is 13.1 Å². The Bertz CT molecular complexity index is 530. The van der Waals surface area contributed by atoms with E-state index in [-0.39, 0.29) is 12.4 Å². The van der Waals surface area contributed by atoms with Crippen molar-refractivity contribution in [2.45, 2.75) is 13.1 Å². The molecule has 0 aliphatic rings. The summed E-state index contributed by atoms with van der Waals surface area (Å²) in [5, 5.41) is 16.3. The van der Waals surface area contributed by atoms with E-state index in [0.717, 1.165) is 5.69 Å². The van der Waals surface area contributed by atoms with Gasteiger partial charge >= 0.3 is 0 Å². The first-order valence-electron chi connectivity index (χ1n) is 5.50. The van der Waals surface area contributed by atoms with Gasteiger partial charge in [0.2, 0.25) is 0 Å². The molecule has 1 aromatic heterocycles. The molecule has 18 heavy (non-hydrogen) atoms. The predicted molar refractivity (Wildman–Crippen MR) is 68.0 cm³/mol. The summed E-state index contributed by atoms with van der Waals surface area (Å²) in [6, 6.07) is 4.44. The van der Waals surface area contributed by atoms with Crippen molar-refractivity contribution in [3.63, 3.8) is 0 Å². The van der Waals surface area contributed by atoms with Crippen LogP contribution in [0.3, 0.4) is 0 Å². The smallest absolute Gasteiger partial charge is 0.128 e. The summed E-state index contributed by atoms with van der Waals surface area (Å²) in [5.74, 6) is -0.297. The molecule has 0 aliphatic heterocycles. The molecule has 0 aliphatic carbocycles. The number of hydrogen-bond donors (Lipinski definition) is 2. The van der Waals surface area contributed by atoms with E-state index in [1.54, 1.807) is 23.1 Å². The van der Waals surface area contributed by atoms with Crippen molar-refractivity contribution < 1.29 is 9.50 Å². The van der Waals surface area contributed by atoms with E-state index in [9.17, 15) is 4.39 Å². The van der Waals surface area contributed by atoms with Crippen LogP contribution in [0.1, 0.15) is 5.56 Å². The normalized spacial score (nSPS) is 10.6. The number of aromatic nitrogens is 2. The lowest BCUT2D eigenvalue weighted by Gasteiger charge is -2.05. The zero-order valence-corrected chi connectivity index (χ0v) is 10.4. The second-order valence-electron chi connectivity index (χ2n) is 3.80. The minimum absolute atomic E-state index is 0.0318. The molecule has 1 heterocycles. The highest BCUT2D eigenvalue weighted by atomic mass is 35.5. The van der Waals surface area contributed by atoms with Crippen molar-refractivity contribution in [3.05, 3.63) is 47.0 Å². The number of aliphatic hydroxyl groups excluding tert-OH is 1. The third-order valence-corrected chi connectivity index (χ3v) is 2.69. The topological polar surface area (TPSA) is 50.1 Å². The molecule has 0 unspecified atom stereocenters. The second kappa shape index (κ2) is 5.84.